The second-order valence-electron chi connectivity index (χ2n) is 3.99. The number of rotatable bonds is 3. The minimum atomic E-state index is -1.01. The molecule has 1 heterocycles. The molecule has 0 N–H and O–H groups in total. The van der Waals surface area contributed by atoms with Crippen LogP contribution in [0.3, 0.4) is 0 Å². The van der Waals surface area contributed by atoms with Crippen molar-refractivity contribution in [2.75, 3.05) is 6.61 Å². The molecule has 0 radical (unpaired) electrons. The largest absolute Gasteiger partial charge is 0.350 e. The van der Waals surface area contributed by atoms with Gasteiger partial charge in [-0.25, -0.2) is 0 Å². The molecule has 0 aromatic rings. The first kappa shape index (κ1) is 12.0. The molecule has 0 aromatic heterocycles. The highest BCUT2D eigenvalue weighted by atomic mass is 16.7. The lowest BCUT2D eigenvalue weighted by Crippen LogP contribution is -2.51. The van der Waals surface area contributed by atoms with Gasteiger partial charge in [0.1, 0.15) is 11.9 Å². The van der Waals surface area contributed by atoms with E-state index in [-0.39, 0.29) is 18.7 Å². The molecule has 2 unspecified atom stereocenters. The maximum atomic E-state index is 11.3. The Morgan fingerprint density at radius 3 is 2.47 bits per heavy atom. The Labute approximate surface area is 87.7 Å². The van der Waals surface area contributed by atoms with Gasteiger partial charge in [0.25, 0.3) is 0 Å². The van der Waals surface area contributed by atoms with Gasteiger partial charge in [-0.05, 0) is 20.8 Å². The van der Waals surface area contributed by atoms with Crippen LogP contribution in [0.5, 0.6) is 0 Å². The molecule has 5 nitrogen and oxygen atoms in total. The molecule has 0 aromatic carbocycles. The van der Waals surface area contributed by atoms with Gasteiger partial charge in [-0.15, -0.1) is 0 Å². The Morgan fingerprint density at radius 1 is 1.40 bits per heavy atom. The molecule has 0 spiro atoms. The standard InChI is InChI=1S/C10H14O5/c1-6(12)7-5-14-10(2,3)15-9(7)8(13)4-11/h4,7,9H,5H2,1-3H3. The van der Waals surface area contributed by atoms with Gasteiger partial charge in [0, 0.05) is 0 Å². The molecule has 1 fully saturated rings. The van der Waals surface area contributed by atoms with Crippen LogP contribution in [0.4, 0.5) is 0 Å². The van der Waals surface area contributed by atoms with Crippen LogP contribution in [0.15, 0.2) is 0 Å². The highest BCUT2D eigenvalue weighted by molar-refractivity contribution is 6.27. The Hall–Kier alpha value is -1.07. The predicted molar refractivity (Wildman–Crippen MR) is 50.1 cm³/mol. The summed E-state index contributed by atoms with van der Waals surface area (Å²) >= 11 is 0. The summed E-state index contributed by atoms with van der Waals surface area (Å²) in [4.78, 5) is 32.9. The van der Waals surface area contributed by atoms with Crippen molar-refractivity contribution >= 4 is 17.9 Å². The topological polar surface area (TPSA) is 69.7 Å². The van der Waals surface area contributed by atoms with Gasteiger partial charge in [0.05, 0.1) is 12.5 Å². The Kier molecular flexibility index (Phi) is 3.36. The van der Waals surface area contributed by atoms with E-state index in [1.54, 1.807) is 13.8 Å². The normalized spacial score (nSPS) is 29.5. The fourth-order valence-electron chi connectivity index (χ4n) is 1.45. The van der Waals surface area contributed by atoms with Crippen molar-refractivity contribution in [3.8, 4) is 0 Å². The van der Waals surface area contributed by atoms with E-state index in [4.69, 9.17) is 9.47 Å². The molecule has 5 heteroatoms. The summed E-state index contributed by atoms with van der Waals surface area (Å²) in [6, 6.07) is 0. The summed E-state index contributed by atoms with van der Waals surface area (Å²) < 4.78 is 10.5. The summed E-state index contributed by atoms with van der Waals surface area (Å²) in [6.07, 6.45) is -0.828. The van der Waals surface area contributed by atoms with E-state index in [0.717, 1.165) is 0 Å². The van der Waals surface area contributed by atoms with Gasteiger partial charge in [0.15, 0.2) is 12.1 Å². The van der Waals surface area contributed by atoms with Gasteiger partial charge in [0.2, 0.25) is 5.78 Å². The third-order valence-corrected chi connectivity index (χ3v) is 2.31. The number of carbonyl (C=O) groups excluding carboxylic acids is 3. The van der Waals surface area contributed by atoms with Gasteiger partial charge in [-0.2, -0.15) is 0 Å². The zero-order valence-corrected chi connectivity index (χ0v) is 8.98. The van der Waals surface area contributed by atoms with Crippen molar-refractivity contribution in [3.05, 3.63) is 0 Å². The molecule has 0 saturated carbocycles. The maximum absolute atomic E-state index is 11.3. The molecular weight excluding hydrogens is 200 g/mol. The lowest BCUT2D eigenvalue weighted by molar-refractivity contribution is -0.280. The third kappa shape index (κ3) is 2.70. The Balaban J connectivity index is 2.87. The molecule has 1 aliphatic rings. The number of Topliss-reactive ketones (excluding diaryl/α,β-unsaturated/α-hetero) is 2. The minimum Gasteiger partial charge on any atom is -0.350 e. The fraction of sp³-hybridized carbons (Fsp3) is 0.700. The molecule has 0 amide bonds. The number of aldehydes is 1. The summed E-state index contributed by atoms with van der Waals surface area (Å²) in [5.74, 6) is -2.55. The number of hydrogen-bond donors (Lipinski definition) is 0. The smallest absolute Gasteiger partial charge is 0.224 e. The van der Waals surface area contributed by atoms with Crippen molar-refractivity contribution in [2.45, 2.75) is 32.7 Å². The van der Waals surface area contributed by atoms with Crippen LogP contribution in [0.2, 0.25) is 0 Å². The molecule has 1 aliphatic heterocycles. The van der Waals surface area contributed by atoms with Crippen LogP contribution in [0, 0.1) is 5.92 Å². The molecule has 0 aliphatic carbocycles. The number of hydrogen-bond acceptors (Lipinski definition) is 5. The van der Waals surface area contributed by atoms with Crippen molar-refractivity contribution in [1.29, 1.82) is 0 Å². The van der Waals surface area contributed by atoms with Gasteiger partial charge in [-0.3, -0.25) is 14.4 Å². The summed E-state index contributed by atoms with van der Waals surface area (Å²) in [6.45, 7) is 4.72. The van der Waals surface area contributed by atoms with E-state index in [2.05, 4.69) is 0 Å². The monoisotopic (exact) mass is 214 g/mol. The lowest BCUT2D eigenvalue weighted by atomic mass is 9.94. The van der Waals surface area contributed by atoms with Gasteiger partial charge >= 0.3 is 0 Å². The van der Waals surface area contributed by atoms with Gasteiger partial charge < -0.3 is 9.47 Å². The molecule has 1 saturated heterocycles. The second kappa shape index (κ2) is 4.20. The van der Waals surface area contributed by atoms with E-state index >= 15 is 0 Å². The second-order valence-corrected chi connectivity index (χ2v) is 3.99. The van der Waals surface area contributed by atoms with Gasteiger partial charge in [-0.1, -0.05) is 0 Å². The average Bonchev–Trinajstić information content (AvgIpc) is 2.14. The quantitative estimate of drug-likeness (QED) is 0.492. The Bertz CT molecular complexity index is 294. The first-order chi connectivity index (χ1) is 6.87. The zero-order valence-electron chi connectivity index (χ0n) is 8.98. The van der Waals surface area contributed by atoms with E-state index in [1.807, 2.05) is 0 Å². The molecule has 15 heavy (non-hydrogen) atoms. The zero-order chi connectivity index (χ0) is 11.6. The summed E-state index contributed by atoms with van der Waals surface area (Å²) in [5.41, 5.74) is 0. The lowest BCUT2D eigenvalue weighted by Gasteiger charge is -2.38. The van der Waals surface area contributed by atoms with Crippen LogP contribution in [0.1, 0.15) is 20.8 Å². The minimum absolute atomic E-state index is 0.104. The van der Waals surface area contributed by atoms with Crippen LogP contribution in [-0.4, -0.2) is 36.4 Å². The molecule has 0 bridgehead atoms. The van der Waals surface area contributed by atoms with Crippen molar-refractivity contribution in [1.82, 2.24) is 0 Å². The molecule has 2 atom stereocenters. The summed E-state index contributed by atoms with van der Waals surface area (Å²) in [5, 5.41) is 0. The van der Waals surface area contributed by atoms with Crippen LogP contribution in [-0.2, 0) is 23.9 Å². The van der Waals surface area contributed by atoms with E-state index in [1.165, 1.54) is 6.92 Å². The maximum Gasteiger partial charge on any atom is 0.224 e. The van der Waals surface area contributed by atoms with Crippen LogP contribution in [0.25, 0.3) is 0 Å². The van der Waals surface area contributed by atoms with Crippen LogP contribution >= 0.6 is 0 Å². The van der Waals surface area contributed by atoms with Crippen molar-refractivity contribution in [2.24, 2.45) is 5.92 Å². The first-order valence-corrected chi connectivity index (χ1v) is 4.68. The number of carbonyl (C=O) groups is 3. The van der Waals surface area contributed by atoms with Crippen molar-refractivity contribution < 1.29 is 23.9 Å². The van der Waals surface area contributed by atoms with Crippen molar-refractivity contribution in [3.63, 3.8) is 0 Å². The number of ether oxygens (including phenoxy) is 2. The fourth-order valence-corrected chi connectivity index (χ4v) is 1.45. The summed E-state index contributed by atoms with van der Waals surface area (Å²) in [7, 11) is 0. The van der Waals surface area contributed by atoms with Crippen LogP contribution < -0.4 is 0 Å². The van der Waals surface area contributed by atoms with E-state index in [9.17, 15) is 14.4 Å². The van der Waals surface area contributed by atoms with E-state index in [0.29, 0.717) is 0 Å². The molecule has 1 rings (SSSR count). The Morgan fingerprint density at radius 2 is 2.00 bits per heavy atom. The number of ketones is 2. The highest BCUT2D eigenvalue weighted by Crippen LogP contribution is 2.26. The average molecular weight is 214 g/mol. The molecular formula is C10H14O5. The third-order valence-electron chi connectivity index (χ3n) is 2.31. The van der Waals surface area contributed by atoms with E-state index < -0.39 is 23.6 Å². The molecule has 84 valence electrons. The highest BCUT2D eigenvalue weighted by Gasteiger charge is 2.42. The SMILES string of the molecule is CC(=O)C1COC(C)(C)OC1C(=O)C=O. The first-order valence-electron chi connectivity index (χ1n) is 4.68. The predicted octanol–water partition coefficient (Wildman–Crippen LogP) is 0.111.